The van der Waals surface area contributed by atoms with Gasteiger partial charge in [0.15, 0.2) is 0 Å². The molecule has 1 aromatic rings. The maximum Gasteiger partial charge on any atom is 0.0797 e. The van der Waals surface area contributed by atoms with E-state index in [1.165, 1.54) is 25.7 Å². The Morgan fingerprint density at radius 1 is 1.56 bits per heavy atom. The number of rotatable bonds is 4. The van der Waals surface area contributed by atoms with Crippen LogP contribution < -0.4 is 5.73 Å². The van der Waals surface area contributed by atoms with E-state index in [9.17, 15) is 5.11 Å². The molecule has 0 saturated heterocycles. The molecule has 0 radical (unpaired) electrons. The fraction of sp³-hybridized carbons (Fsp3) is 0.750. The van der Waals surface area contributed by atoms with Crippen molar-refractivity contribution in [3.63, 3.8) is 0 Å². The molecule has 0 bridgehead atoms. The molecule has 0 aliphatic heterocycles. The van der Waals surface area contributed by atoms with Crippen molar-refractivity contribution >= 4 is 0 Å². The van der Waals surface area contributed by atoms with Crippen LogP contribution >= 0.6 is 0 Å². The maximum atomic E-state index is 9.88. The highest BCUT2D eigenvalue weighted by molar-refractivity contribution is 5.04. The van der Waals surface area contributed by atoms with Crippen LogP contribution in [0.5, 0.6) is 0 Å². The minimum atomic E-state index is -0.838. The van der Waals surface area contributed by atoms with Crippen molar-refractivity contribution in [3.05, 3.63) is 18.0 Å². The average molecular weight is 223 g/mol. The SMILES string of the molecule is CC(O)(CN)Cc1ccn(C2CCCC2)n1. The van der Waals surface area contributed by atoms with E-state index in [1.54, 1.807) is 6.92 Å². The van der Waals surface area contributed by atoms with Crippen LogP contribution in [0.1, 0.15) is 44.3 Å². The molecule has 1 fully saturated rings. The van der Waals surface area contributed by atoms with Crippen LogP contribution in [-0.4, -0.2) is 27.0 Å². The lowest BCUT2D eigenvalue weighted by Crippen LogP contribution is -2.36. The fourth-order valence-electron chi connectivity index (χ4n) is 2.31. The summed E-state index contributed by atoms with van der Waals surface area (Å²) in [5, 5.41) is 14.4. The Morgan fingerprint density at radius 2 is 2.25 bits per heavy atom. The molecule has 0 spiro atoms. The number of nitrogens with zero attached hydrogens (tertiary/aromatic N) is 2. The van der Waals surface area contributed by atoms with Crippen molar-refractivity contribution in [1.29, 1.82) is 0 Å². The van der Waals surface area contributed by atoms with Crippen molar-refractivity contribution in [3.8, 4) is 0 Å². The first-order valence-corrected chi connectivity index (χ1v) is 6.07. The molecular weight excluding hydrogens is 202 g/mol. The van der Waals surface area contributed by atoms with E-state index in [2.05, 4.69) is 9.78 Å². The third-order valence-corrected chi connectivity index (χ3v) is 3.36. The summed E-state index contributed by atoms with van der Waals surface area (Å²) in [6, 6.07) is 2.55. The van der Waals surface area contributed by atoms with Crippen LogP contribution in [0.4, 0.5) is 0 Å². The molecule has 1 aromatic heterocycles. The van der Waals surface area contributed by atoms with Crippen LogP contribution in [-0.2, 0) is 6.42 Å². The Bertz CT molecular complexity index is 340. The number of hydrogen-bond donors (Lipinski definition) is 2. The quantitative estimate of drug-likeness (QED) is 0.807. The minimum absolute atomic E-state index is 0.267. The monoisotopic (exact) mass is 223 g/mol. The van der Waals surface area contributed by atoms with Gasteiger partial charge in [-0.05, 0) is 25.8 Å². The summed E-state index contributed by atoms with van der Waals surface area (Å²) in [6.07, 6.45) is 7.63. The van der Waals surface area contributed by atoms with E-state index in [-0.39, 0.29) is 6.54 Å². The summed E-state index contributed by atoms with van der Waals surface area (Å²) in [7, 11) is 0. The molecular formula is C12H21N3O. The standard InChI is InChI=1S/C12H21N3O/c1-12(16,9-13)8-10-6-7-15(14-10)11-4-2-3-5-11/h6-7,11,16H,2-5,8-9,13H2,1H3. The third-order valence-electron chi connectivity index (χ3n) is 3.36. The zero-order valence-corrected chi connectivity index (χ0v) is 9.89. The normalized spacial score (nSPS) is 21.2. The number of aliphatic hydroxyl groups is 1. The lowest BCUT2D eigenvalue weighted by Gasteiger charge is -2.19. The summed E-state index contributed by atoms with van der Waals surface area (Å²) in [4.78, 5) is 0. The zero-order chi connectivity index (χ0) is 11.6. The van der Waals surface area contributed by atoms with Gasteiger partial charge < -0.3 is 10.8 Å². The van der Waals surface area contributed by atoms with Crippen LogP contribution in [0.2, 0.25) is 0 Å². The van der Waals surface area contributed by atoms with Crippen molar-refractivity contribution in [2.75, 3.05) is 6.54 Å². The van der Waals surface area contributed by atoms with Gasteiger partial charge in [-0.25, -0.2) is 0 Å². The predicted molar refractivity (Wildman–Crippen MR) is 63.1 cm³/mol. The van der Waals surface area contributed by atoms with Crippen LogP contribution in [0.25, 0.3) is 0 Å². The third kappa shape index (κ3) is 2.62. The summed E-state index contributed by atoms with van der Waals surface area (Å²) in [6.45, 7) is 2.02. The molecule has 2 rings (SSSR count). The highest BCUT2D eigenvalue weighted by Gasteiger charge is 2.22. The molecule has 4 heteroatoms. The molecule has 0 amide bonds. The molecule has 0 aromatic carbocycles. The Morgan fingerprint density at radius 3 is 2.88 bits per heavy atom. The van der Waals surface area contributed by atoms with Gasteiger partial charge in [-0.2, -0.15) is 5.10 Å². The van der Waals surface area contributed by atoms with Crippen molar-refractivity contribution in [1.82, 2.24) is 9.78 Å². The van der Waals surface area contributed by atoms with Gasteiger partial charge in [-0.1, -0.05) is 12.8 Å². The van der Waals surface area contributed by atoms with Gasteiger partial charge in [0.25, 0.3) is 0 Å². The van der Waals surface area contributed by atoms with Gasteiger partial charge in [0.05, 0.1) is 17.3 Å². The first kappa shape index (κ1) is 11.6. The van der Waals surface area contributed by atoms with Crippen LogP contribution in [0.15, 0.2) is 12.3 Å². The van der Waals surface area contributed by atoms with E-state index in [0.29, 0.717) is 12.5 Å². The lowest BCUT2D eigenvalue weighted by atomic mass is 10.0. The molecule has 1 saturated carbocycles. The van der Waals surface area contributed by atoms with Gasteiger partial charge in [-0.3, -0.25) is 4.68 Å². The Balaban J connectivity index is 2.01. The zero-order valence-electron chi connectivity index (χ0n) is 9.89. The van der Waals surface area contributed by atoms with E-state index in [1.807, 2.05) is 12.3 Å². The minimum Gasteiger partial charge on any atom is -0.388 e. The highest BCUT2D eigenvalue weighted by atomic mass is 16.3. The molecule has 1 atom stereocenters. The van der Waals surface area contributed by atoms with E-state index < -0.39 is 5.60 Å². The molecule has 1 heterocycles. The Hall–Kier alpha value is -0.870. The molecule has 3 N–H and O–H groups in total. The largest absolute Gasteiger partial charge is 0.388 e. The molecule has 4 nitrogen and oxygen atoms in total. The van der Waals surface area contributed by atoms with Gasteiger partial charge in [0.2, 0.25) is 0 Å². The molecule has 1 aliphatic rings. The maximum absolute atomic E-state index is 9.88. The second-order valence-corrected chi connectivity index (χ2v) is 5.10. The summed E-state index contributed by atoms with van der Waals surface area (Å²) in [5.74, 6) is 0. The first-order chi connectivity index (χ1) is 7.61. The first-order valence-electron chi connectivity index (χ1n) is 6.07. The second-order valence-electron chi connectivity index (χ2n) is 5.10. The summed E-state index contributed by atoms with van der Waals surface area (Å²) >= 11 is 0. The fourth-order valence-corrected chi connectivity index (χ4v) is 2.31. The Labute approximate surface area is 96.5 Å². The van der Waals surface area contributed by atoms with Crippen LogP contribution in [0.3, 0.4) is 0 Å². The van der Waals surface area contributed by atoms with Crippen molar-refractivity contribution in [2.45, 2.75) is 50.7 Å². The molecule has 1 aliphatic carbocycles. The molecule has 16 heavy (non-hydrogen) atoms. The van der Waals surface area contributed by atoms with Crippen molar-refractivity contribution < 1.29 is 5.11 Å². The smallest absolute Gasteiger partial charge is 0.0797 e. The molecule has 1 unspecified atom stereocenters. The predicted octanol–water partition coefficient (Wildman–Crippen LogP) is 1.25. The number of nitrogens with two attached hydrogens (primary N) is 1. The number of hydrogen-bond acceptors (Lipinski definition) is 3. The Kier molecular flexibility index (Phi) is 3.30. The van der Waals surface area contributed by atoms with E-state index in [0.717, 1.165) is 5.69 Å². The van der Waals surface area contributed by atoms with E-state index >= 15 is 0 Å². The van der Waals surface area contributed by atoms with Gasteiger partial charge >= 0.3 is 0 Å². The second kappa shape index (κ2) is 4.55. The molecule has 90 valence electrons. The summed E-state index contributed by atoms with van der Waals surface area (Å²) in [5.41, 5.74) is 5.59. The lowest BCUT2D eigenvalue weighted by molar-refractivity contribution is 0.0684. The van der Waals surface area contributed by atoms with Crippen LogP contribution in [0, 0.1) is 0 Å². The van der Waals surface area contributed by atoms with Gasteiger partial charge in [-0.15, -0.1) is 0 Å². The van der Waals surface area contributed by atoms with E-state index in [4.69, 9.17) is 5.73 Å². The van der Waals surface area contributed by atoms with Gasteiger partial charge in [0.1, 0.15) is 0 Å². The summed E-state index contributed by atoms with van der Waals surface area (Å²) < 4.78 is 2.05. The topological polar surface area (TPSA) is 64.1 Å². The number of aromatic nitrogens is 2. The van der Waals surface area contributed by atoms with Gasteiger partial charge in [0, 0.05) is 19.2 Å². The highest BCUT2D eigenvalue weighted by Crippen LogP contribution is 2.28. The average Bonchev–Trinajstić information content (AvgIpc) is 2.86. The van der Waals surface area contributed by atoms with Crippen molar-refractivity contribution in [2.24, 2.45) is 5.73 Å².